The van der Waals surface area contributed by atoms with E-state index in [9.17, 15) is 18.0 Å². The third kappa shape index (κ3) is 4.81. The number of amides is 1. The summed E-state index contributed by atoms with van der Waals surface area (Å²) in [6, 6.07) is 16.5. The van der Waals surface area contributed by atoms with Gasteiger partial charge in [0, 0.05) is 26.7 Å². The van der Waals surface area contributed by atoms with E-state index in [0.717, 1.165) is 18.2 Å². The average molecular weight is 529 g/mol. The highest BCUT2D eigenvalue weighted by Gasteiger charge is 2.59. The number of hydrazine groups is 1. The van der Waals surface area contributed by atoms with Crippen molar-refractivity contribution in [2.45, 2.75) is 11.8 Å². The van der Waals surface area contributed by atoms with Crippen LogP contribution >= 0.6 is 34.8 Å². The molecule has 0 fully saturated rings. The molecule has 0 aliphatic carbocycles. The van der Waals surface area contributed by atoms with Crippen molar-refractivity contribution in [1.29, 1.82) is 0 Å². The van der Waals surface area contributed by atoms with Crippen LogP contribution in [-0.2, 0) is 10.4 Å². The third-order valence-corrected chi connectivity index (χ3v) is 5.77. The van der Waals surface area contributed by atoms with Gasteiger partial charge in [-0.2, -0.15) is 13.2 Å². The number of nitrogens with one attached hydrogen (secondary N) is 3. The minimum atomic E-state index is -4.84. The van der Waals surface area contributed by atoms with Crippen LogP contribution in [-0.4, -0.2) is 12.1 Å². The highest BCUT2D eigenvalue weighted by molar-refractivity contribution is 6.34. The number of anilines is 1. The van der Waals surface area contributed by atoms with Gasteiger partial charge in [-0.3, -0.25) is 26.0 Å². The number of benzene rings is 3. The fraction of sp³-hybridized carbons (Fsp3) is 0.0870. The molecule has 3 N–H and O–H groups in total. The Labute approximate surface area is 207 Å². The Bertz CT molecular complexity index is 1250. The van der Waals surface area contributed by atoms with E-state index in [1.807, 2.05) is 0 Å². The molecule has 0 bridgehead atoms. The molecule has 1 aliphatic heterocycles. The molecule has 5 nitrogen and oxygen atoms in total. The summed E-state index contributed by atoms with van der Waals surface area (Å²) in [5.74, 6) is -0.419. The number of hydrogen-bond acceptors (Lipinski definition) is 4. The summed E-state index contributed by atoms with van der Waals surface area (Å²) in [4.78, 5) is 17.4. The van der Waals surface area contributed by atoms with Gasteiger partial charge in [-0.15, -0.1) is 0 Å². The highest BCUT2D eigenvalue weighted by atomic mass is 35.5. The second-order valence-corrected chi connectivity index (χ2v) is 8.57. The molecule has 0 saturated heterocycles. The van der Waals surface area contributed by atoms with Gasteiger partial charge in [0.1, 0.15) is 0 Å². The maximum atomic E-state index is 14.2. The largest absolute Gasteiger partial charge is 0.428 e. The van der Waals surface area contributed by atoms with Gasteiger partial charge in [0.15, 0.2) is 0 Å². The van der Waals surface area contributed by atoms with Gasteiger partial charge in [-0.25, -0.2) is 0 Å². The van der Waals surface area contributed by atoms with Crippen molar-refractivity contribution in [3.05, 3.63) is 105 Å². The average Bonchev–Trinajstić information content (AvgIpc) is 3.25. The molecule has 11 heteroatoms. The Balaban J connectivity index is 1.65. The van der Waals surface area contributed by atoms with Crippen LogP contribution in [0.25, 0.3) is 5.70 Å². The third-order valence-electron chi connectivity index (χ3n) is 5.01. The van der Waals surface area contributed by atoms with E-state index >= 15 is 0 Å². The van der Waals surface area contributed by atoms with Gasteiger partial charge in [0.25, 0.3) is 5.91 Å². The molecule has 3 aromatic carbocycles. The van der Waals surface area contributed by atoms with Gasteiger partial charge < -0.3 is 0 Å². The molecule has 1 unspecified atom stereocenters. The number of carbonyl (C=O) groups excluding carboxylic acids is 1. The van der Waals surface area contributed by atoms with Crippen LogP contribution in [0.15, 0.2) is 72.8 Å². The van der Waals surface area contributed by atoms with Gasteiger partial charge in [-0.05, 0) is 48.5 Å². The minimum Gasteiger partial charge on any atom is -0.297 e. The maximum Gasteiger partial charge on any atom is 0.428 e. The fourth-order valence-corrected chi connectivity index (χ4v) is 4.02. The quantitative estimate of drug-likeness (QED) is 0.321. The maximum absolute atomic E-state index is 14.2. The van der Waals surface area contributed by atoms with E-state index in [0.29, 0.717) is 11.1 Å². The number of rotatable bonds is 5. The van der Waals surface area contributed by atoms with Crippen LogP contribution in [0.2, 0.25) is 15.1 Å². The number of halogens is 6. The number of hydrogen-bond donors (Lipinski definition) is 3. The molecule has 1 amide bonds. The summed E-state index contributed by atoms with van der Waals surface area (Å²) < 4.78 is 42.6. The lowest BCUT2D eigenvalue weighted by atomic mass is 9.91. The molecule has 1 atom stereocenters. The second kappa shape index (κ2) is 9.38. The lowest BCUT2D eigenvalue weighted by Gasteiger charge is -2.28. The van der Waals surface area contributed by atoms with E-state index in [4.69, 9.17) is 39.6 Å². The Morgan fingerprint density at radius 3 is 2.26 bits per heavy atom. The summed E-state index contributed by atoms with van der Waals surface area (Å²) in [6.45, 7) is 0. The lowest BCUT2D eigenvalue weighted by molar-refractivity contribution is -0.269. The molecule has 1 aliphatic rings. The first-order chi connectivity index (χ1) is 16.1. The van der Waals surface area contributed by atoms with E-state index in [1.54, 1.807) is 30.3 Å². The highest BCUT2D eigenvalue weighted by Crippen LogP contribution is 2.48. The predicted octanol–water partition coefficient (Wildman–Crippen LogP) is 6.74. The number of alkyl halides is 3. The Morgan fingerprint density at radius 1 is 0.941 bits per heavy atom. The fourth-order valence-electron chi connectivity index (χ4n) is 3.33. The zero-order valence-corrected chi connectivity index (χ0v) is 19.3. The summed E-state index contributed by atoms with van der Waals surface area (Å²) in [5.41, 5.74) is 5.44. The van der Waals surface area contributed by atoms with Crippen LogP contribution < -0.4 is 16.3 Å². The second-order valence-electron chi connectivity index (χ2n) is 7.29. The van der Waals surface area contributed by atoms with Crippen molar-refractivity contribution >= 4 is 52.1 Å². The van der Waals surface area contributed by atoms with Crippen LogP contribution in [0, 0.1) is 0 Å². The van der Waals surface area contributed by atoms with Crippen molar-refractivity contribution in [2.75, 3.05) is 5.43 Å². The molecular formula is C23H15Cl3F3N3O2. The van der Waals surface area contributed by atoms with Gasteiger partial charge in [-0.1, -0.05) is 59.1 Å². The van der Waals surface area contributed by atoms with E-state index in [2.05, 4.69) is 16.3 Å². The zero-order valence-electron chi connectivity index (χ0n) is 17.0. The van der Waals surface area contributed by atoms with Crippen LogP contribution in [0.3, 0.4) is 0 Å². The van der Waals surface area contributed by atoms with Crippen LogP contribution in [0.1, 0.15) is 21.5 Å². The Morgan fingerprint density at radius 2 is 1.62 bits per heavy atom. The van der Waals surface area contributed by atoms with Gasteiger partial charge in [0.05, 0.1) is 16.4 Å². The first kappa shape index (κ1) is 24.2. The van der Waals surface area contributed by atoms with E-state index in [1.165, 1.54) is 24.3 Å². The van der Waals surface area contributed by atoms with Crippen molar-refractivity contribution in [1.82, 2.24) is 10.9 Å². The molecule has 0 spiro atoms. The topological polar surface area (TPSA) is 62.4 Å². The minimum absolute atomic E-state index is 0.0301. The molecule has 34 heavy (non-hydrogen) atoms. The van der Waals surface area contributed by atoms with Crippen molar-refractivity contribution < 1.29 is 22.8 Å². The van der Waals surface area contributed by atoms with Gasteiger partial charge >= 0.3 is 6.18 Å². The Hall–Kier alpha value is -2.91. The van der Waals surface area contributed by atoms with E-state index in [-0.39, 0.29) is 32.0 Å². The van der Waals surface area contributed by atoms with Crippen molar-refractivity contribution in [3.8, 4) is 0 Å². The lowest BCUT2D eigenvalue weighted by Crippen LogP contribution is -2.42. The van der Waals surface area contributed by atoms with Crippen molar-refractivity contribution in [2.24, 2.45) is 0 Å². The number of carbonyl (C=O) groups is 1. The summed E-state index contributed by atoms with van der Waals surface area (Å²) in [7, 11) is 0. The smallest absolute Gasteiger partial charge is 0.297 e. The molecule has 3 aromatic rings. The molecule has 0 aromatic heterocycles. The first-order valence-electron chi connectivity index (χ1n) is 9.70. The number of hydroxylamine groups is 1. The van der Waals surface area contributed by atoms with E-state index < -0.39 is 17.7 Å². The first-order valence-corrected chi connectivity index (χ1v) is 10.8. The predicted molar refractivity (Wildman–Crippen MR) is 125 cm³/mol. The summed E-state index contributed by atoms with van der Waals surface area (Å²) >= 11 is 18.1. The molecule has 0 radical (unpaired) electrons. The van der Waals surface area contributed by atoms with Gasteiger partial charge in [0.2, 0.25) is 5.60 Å². The standard InChI is InChI=1S/C23H15Cl3F3N3O2/c24-16-9-15(10-17(25)11-16)22(23(27,28)29)12-20(32-34-22)14-6-7-18(26)19(8-14)30-31-21(33)13-4-2-1-3-5-13/h1-12,30,32H,(H,31,33). The molecule has 0 saturated carbocycles. The monoisotopic (exact) mass is 527 g/mol. The normalized spacial score (nSPS) is 17.6. The van der Waals surface area contributed by atoms with Crippen LogP contribution in [0.4, 0.5) is 18.9 Å². The summed E-state index contributed by atoms with van der Waals surface area (Å²) in [6.07, 6.45) is -3.95. The summed E-state index contributed by atoms with van der Waals surface area (Å²) in [5, 5.41) is 0.299. The SMILES string of the molecule is O=C(NNc1cc(C2=CC(c3cc(Cl)cc(Cl)c3)(C(F)(F)F)ON2)ccc1Cl)c1ccccc1. The molecule has 4 rings (SSSR count). The zero-order chi connectivity index (χ0) is 24.5. The molecule has 176 valence electrons. The van der Waals surface area contributed by atoms with Crippen molar-refractivity contribution in [3.63, 3.8) is 0 Å². The molecular weight excluding hydrogens is 514 g/mol. The van der Waals surface area contributed by atoms with Crippen LogP contribution in [0.5, 0.6) is 0 Å². The molecule has 1 heterocycles. The Kier molecular flexibility index (Phi) is 6.69.